The van der Waals surface area contributed by atoms with Crippen molar-refractivity contribution in [2.75, 3.05) is 27.1 Å². The number of carbonyl (C=O) groups excluding carboxylic acids is 1. The van der Waals surface area contributed by atoms with Gasteiger partial charge in [0.25, 0.3) is 5.91 Å². The van der Waals surface area contributed by atoms with Gasteiger partial charge in [0, 0.05) is 16.8 Å². The molecule has 10 heteroatoms. The van der Waals surface area contributed by atoms with Gasteiger partial charge in [-0.05, 0) is 42.5 Å². The fraction of sp³-hybridized carbons (Fsp3) is 0.154. The van der Waals surface area contributed by atoms with E-state index in [-0.39, 0.29) is 11.7 Å². The summed E-state index contributed by atoms with van der Waals surface area (Å²) in [4.78, 5) is 12.5. The number of hydrazone groups is 1. The number of nitrogens with zero attached hydrogens (tertiary/aromatic N) is 4. The van der Waals surface area contributed by atoms with Crippen LogP contribution in [-0.4, -0.2) is 54.0 Å². The third kappa shape index (κ3) is 5.84. The molecule has 1 N–H and O–H groups in total. The minimum atomic E-state index is -0.288. The lowest BCUT2D eigenvalue weighted by Crippen LogP contribution is -2.20. The zero-order valence-corrected chi connectivity index (χ0v) is 20.9. The van der Waals surface area contributed by atoms with Crippen LogP contribution in [0.5, 0.6) is 17.2 Å². The summed E-state index contributed by atoms with van der Waals surface area (Å²) in [6.07, 6.45) is 1.51. The van der Waals surface area contributed by atoms with Crippen molar-refractivity contribution in [3.63, 3.8) is 0 Å². The number of nitrogens with one attached hydrogen (secondary N) is 1. The van der Waals surface area contributed by atoms with Crippen molar-refractivity contribution < 1.29 is 19.0 Å². The fourth-order valence-corrected chi connectivity index (χ4v) is 4.12. The van der Waals surface area contributed by atoms with Crippen LogP contribution in [0, 0.1) is 0 Å². The van der Waals surface area contributed by atoms with Crippen molar-refractivity contribution in [1.82, 2.24) is 20.2 Å². The van der Waals surface area contributed by atoms with E-state index in [4.69, 9.17) is 14.2 Å². The zero-order chi connectivity index (χ0) is 25.3. The molecule has 0 aliphatic heterocycles. The van der Waals surface area contributed by atoms with E-state index in [0.717, 1.165) is 17.0 Å². The molecule has 184 valence electrons. The Kier molecular flexibility index (Phi) is 8.20. The highest BCUT2D eigenvalue weighted by molar-refractivity contribution is 7.99. The zero-order valence-electron chi connectivity index (χ0n) is 20.0. The van der Waals surface area contributed by atoms with Crippen molar-refractivity contribution in [1.29, 1.82) is 0 Å². The number of ether oxygens (including phenoxy) is 3. The van der Waals surface area contributed by atoms with Crippen molar-refractivity contribution in [3.8, 4) is 34.3 Å². The molecule has 0 fully saturated rings. The first-order valence-corrected chi connectivity index (χ1v) is 11.9. The SMILES string of the molecule is COc1ccc(-n2c(SCC(=O)N/N=C\c3cc(OC)ccc3OC)nnc2-c2ccccc2)cc1. The summed E-state index contributed by atoms with van der Waals surface area (Å²) < 4.78 is 17.8. The summed E-state index contributed by atoms with van der Waals surface area (Å²) in [6.45, 7) is 0. The molecule has 0 atom stereocenters. The van der Waals surface area contributed by atoms with Crippen molar-refractivity contribution in [3.05, 3.63) is 78.4 Å². The quantitative estimate of drug-likeness (QED) is 0.197. The number of thioether (sulfide) groups is 1. The maximum atomic E-state index is 12.5. The van der Waals surface area contributed by atoms with Crippen molar-refractivity contribution in [2.24, 2.45) is 5.10 Å². The van der Waals surface area contributed by atoms with Crippen LogP contribution in [0.2, 0.25) is 0 Å². The maximum absolute atomic E-state index is 12.5. The Morgan fingerprint density at radius 2 is 1.67 bits per heavy atom. The normalized spacial score (nSPS) is 10.9. The van der Waals surface area contributed by atoms with Gasteiger partial charge >= 0.3 is 0 Å². The monoisotopic (exact) mass is 503 g/mol. The molecular weight excluding hydrogens is 478 g/mol. The average molecular weight is 504 g/mol. The minimum absolute atomic E-state index is 0.0929. The number of carbonyl (C=O) groups is 1. The molecule has 0 bridgehead atoms. The van der Waals surface area contributed by atoms with E-state index < -0.39 is 0 Å². The Hall–Kier alpha value is -4.31. The van der Waals surface area contributed by atoms with Gasteiger partial charge in [-0.15, -0.1) is 10.2 Å². The number of aromatic nitrogens is 3. The lowest BCUT2D eigenvalue weighted by molar-refractivity contribution is -0.118. The summed E-state index contributed by atoms with van der Waals surface area (Å²) >= 11 is 1.26. The standard InChI is InChI=1S/C26H25N5O4S/c1-33-21-11-9-20(10-12-21)31-25(18-7-5-4-6-8-18)29-30-26(31)36-17-24(32)28-27-16-19-15-22(34-2)13-14-23(19)35-3/h4-16H,17H2,1-3H3,(H,28,32)/b27-16-. The van der Waals surface area contributed by atoms with Gasteiger partial charge in [0.1, 0.15) is 17.2 Å². The Morgan fingerprint density at radius 3 is 2.36 bits per heavy atom. The predicted molar refractivity (Wildman–Crippen MR) is 139 cm³/mol. The Bertz CT molecular complexity index is 1340. The Morgan fingerprint density at radius 1 is 0.944 bits per heavy atom. The van der Waals surface area contributed by atoms with E-state index in [1.165, 1.54) is 18.0 Å². The third-order valence-electron chi connectivity index (χ3n) is 5.16. The molecule has 0 radical (unpaired) electrons. The van der Waals surface area contributed by atoms with E-state index >= 15 is 0 Å². The van der Waals surface area contributed by atoms with Crippen molar-refractivity contribution in [2.45, 2.75) is 5.16 Å². The minimum Gasteiger partial charge on any atom is -0.497 e. The molecule has 1 heterocycles. The smallest absolute Gasteiger partial charge is 0.250 e. The highest BCUT2D eigenvalue weighted by Gasteiger charge is 2.17. The van der Waals surface area contributed by atoms with Gasteiger partial charge in [-0.1, -0.05) is 42.1 Å². The van der Waals surface area contributed by atoms with Gasteiger partial charge in [-0.3, -0.25) is 9.36 Å². The highest BCUT2D eigenvalue weighted by Crippen LogP contribution is 2.29. The lowest BCUT2D eigenvalue weighted by atomic mass is 10.2. The van der Waals surface area contributed by atoms with Gasteiger partial charge in [0.05, 0.1) is 33.3 Å². The number of amides is 1. The second kappa shape index (κ2) is 11.9. The van der Waals surface area contributed by atoms with Crippen LogP contribution in [0.1, 0.15) is 5.56 Å². The van der Waals surface area contributed by atoms with E-state index in [2.05, 4.69) is 20.7 Å². The van der Waals surface area contributed by atoms with Gasteiger partial charge in [0.2, 0.25) is 0 Å². The fourth-order valence-electron chi connectivity index (χ4n) is 3.38. The molecule has 3 aromatic carbocycles. The molecule has 0 aliphatic rings. The molecule has 36 heavy (non-hydrogen) atoms. The van der Waals surface area contributed by atoms with Gasteiger partial charge in [-0.2, -0.15) is 5.10 Å². The van der Waals surface area contributed by atoms with E-state index in [1.54, 1.807) is 39.5 Å². The summed E-state index contributed by atoms with van der Waals surface area (Å²) in [5.41, 5.74) is 4.98. The molecular formula is C26H25N5O4S. The Balaban J connectivity index is 1.50. The second-order valence-corrected chi connectivity index (χ2v) is 8.34. The summed E-state index contributed by atoms with van der Waals surface area (Å²) in [5, 5.41) is 13.4. The molecule has 4 aromatic rings. The molecule has 1 aromatic heterocycles. The molecule has 0 saturated heterocycles. The number of benzene rings is 3. The number of hydrogen-bond acceptors (Lipinski definition) is 8. The van der Waals surface area contributed by atoms with Crippen LogP contribution in [0.25, 0.3) is 17.1 Å². The predicted octanol–water partition coefficient (Wildman–Crippen LogP) is 4.20. The van der Waals surface area contributed by atoms with E-state index in [0.29, 0.717) is 28.0 Å². The molecule has 0 spiro atoms. The van der Waals surface area contributed by atoms with Crippen LogP contribution >= 0.6 is 11.8 Å². The number of methoxy groups -OCH3 is 3. The molecule has 0 aliphatic carbocycles. The number of hydrogen-bond donors (Lipinski definition) is 1. The molecule has 0 saturated carbocycles. The summed E-state index contributed by atoms with van der Waals surface area (Å²) in [7, 11) is 4.77. The first-order valence-electron chi connectivity index (χ1n) is 10.9. The Labute approximate surface area is 213 Å². The van der Waals surface area contributed by atoms with Crippen LogP contribution in [0.15, 0.2) is 83.1 Å². The van der Waals surface area contributed by atoms with Crippen LogP contribution < -0.4 is 19.6 Å². The first-order chi connectivity index (χ1) is 17.6. The van der Waals surface area contributed by atoms with Gasteiger partial charge in [0.15, 0.2) is 11.0 Å². The van der Waals surface area contributed by atoms with Gasteiger partial charge < -0.3 is 14.2 Å². The topological polar surface area (TPSA) is 99.9 Å². The highest BCUT2D eigenvalue weighted by atomic mass is 32.2. The lowest BCUT2D eigenvalue weighted by Gasteiger charge is -2.11. The van der Waals surface area contributed by atoms with Crippen molar-refractivity contribution >= 4 is 23.9 Å². The number of rotatable bonds is 10. The average Bonchev–Trinajstić information content (AvgIpc) is 3.36. The largest absolute Gasteiger partial charge is 0.497 e. The maximum Gasteiger partial charge on any atom is 0.250 e. The summed E-state index contributed by atoms with van der Waals surface area (Å²) in [6, 6.07) is 22.7. The first kappa shape index (κ1) is 24.8. The van der Waals surface area contributed by atoms with Crippen LogP contribution in [0.4, 0.5) is 0 Å². The second-order valence-electron chi connectivity index (χ2n) is 7.40. The van der Waals surface area contributed by atoms with Crippen LogP contribution in [0.3, 0.4) is 0 Å². The van der Waals surface area contributed by atoms with E-state index in [1.807, 2.05) is 59.2 Å². The molecule has 1 amide bonds. The third-order valence-corrected chi connectivity index (χ3v) is 6.09. The molecule has 0 unspecified atom stereocenters. The summed E-state index contributed by atoms with van der Waals surface area (Å²) in [5.74, 6) is 2.49. The molecule has 9 nitrogen and oxygen atoms in total. The van der Waals surface area contributed by atoms with E-state index in [9.17, 15) is 4.79 Å². The molecule has 4 rings (SSSR count). The van der Waals surface area contributed by atoms with Crippen LogP contribution in [-0.2, 0) is 4.79 Å². The van der Waals surface area contributed by atoms with Gasteiger partial charge in [-0.25, -0.2) is 5.43 Å².